The highest BCUT2D eigenvalue weighted by molar-refractivity contribution is 5.86. The largest absolute Gasteiger partial charge is 0.458 e. The predicted molar refractivity (Wildman–Crippen MR) is 98.8 cm³/mol. The first-order valence-corrected chi connectivity index (χ1v) is 8.46. The molecule has 0 fully saturated rings. The number of benzene rings is 2. The Balaban J connectivity index is 2.32. The van der Waals surface area contributed by atoms with Gasteiger partial charge in [-0.2, -0.15) is 0 Å². The van der Waals surface area contributed by atoms with Crippen molar-refractivity contribution in [1.82, 2.24) is 15.0 Å². The summed E-state index contributed by atoms with van der Waals surface area (Å²) in [5.41, 5.74) is -1.16. The molecule has 0 aliphatic heterocycles. The van der Waals surface area contributed by atoms with Gasteiger partial charge in [0.2, 0.25) is 12.1 Å². The zero-order valence-corrected chi connectivity index (χ0v) is 15.3. The Hall–Kier alpha value is -3.29. The van der Waals surface area contributed by atoms with Crippen LogP contribution in [-0.2, 0) is 15.1 Å². The third-order valence-electron chi connectivity index (χ3n) is 4.06. The Morgan fingerprint density at radius 1 is 1.11 bits per heavy atom. The first kappa shape index (κ1) is 18.5. The van der Waals surface area contributed by atoms with Crippen LogP contribution in [0.4, 0.5) is 0 Å². The molecule has 8 nitrogen and oxygen atoms in total. The second-order valence-corrected chi connectivity index (χ2v) is 7.21. The van der Waals surface area contributed by atoms with Gasteiger partial charge in [0.15, 0.2) is 0 Å². The number of hydrogen-bond donors (Lipinski definition) is 0. The minimum absolute atomic E-state index is 0.409. The highest BCUT2D eigenvalue weighted by Gasteiger charge is 2.52. The minimum Gasteiger partial charge on any atom is -0.458 e. The van der Waals surface area contributed by atoms with Crippen molar-refractivity contribution in [2.45, 2.75) is 31.9 Å². The van der Waals surface area contributed by atoms with Crippen LogP contribution in [0.2, 0.25) is 0 Å². The molecule has 140 valence electrons. The molecule has 0 aliphatic carbocycles. The van der Waals surface area contributed by atoms with Crippen molar-refractivity contribution in [3.05, 3.63) is 70.3 Å². The fourth-order valence-electron chi connectivity index (χ4n) is 2.96. The third-order valence-corrected chi connectivity index (χ3v) is 4.06. The molecule has 0 aliphatic rings. The van der Waals surface area contributed by atoms with Crippen molar-refractivity contribution < 1.29 is 14.5 Å². The van der Waals surface area contributed by atoms with Crippen LogP contribution in [0.25, 0.3) is 11.0 Å². The number of ether oxygens (including phenoxy) is 1. The third kappa shape index (κ3) is 3.51. The molecular formula is C19H20N4O4. The molecule has 0 spiro atoms. The van der Waals surface area contributed by atoms with Crippen LogP contribution in [0.5, 0.6) is 0 Å². The van der Waals surface area contributed by atoms with E-state index >= 15 is 0 Å². The fraction of sp³-hybridized carbons (Fsp3) is 0.316. The summed E-state index contributed by atoms with van der Waals surface area (Å²) < 4.78 is 6.90. The topological polar surface area (TPSA) is 100 Å². The smallest absolute Gasteiger partial charge is 0.346 e. The summed E-state index contributed by atoms with van der Waals surface area (Å²) in [7, 11) is 0. The number of hydrogen-bond acceptors (Lipinski definition) is 6. The van der Waals surface area contributed by atoms with Gasteiger partial charge in [0.1, 0.15) is 11.1 Å². The quantitative estimate of drug-likeness (QED) is 0.390. The molecular weight excluding hydrogens is 348 g/mol. The second-order valence-electron chi connectivity index (χ2n) is 7.21. The maximum Gasteiger partial charge on any atom is 0.346 e. The Morgan fingerprint density at radius 3 is 2.37 bits per heavy atom. The lowest BCUT2D eigenvalue weighted by Crippen LogP contribution is -2.52. The second kappa shape index (κ2) is 6.79. The lowest BCUT2D eigenvalue weighted by atomic mass is 9.89. The predicted octanol–water partition coefficient (Wildman–Crippen LogP) is 2.79. The van der Waals surface area contributed by atoms with E-state index in [2.05, 4.69) is 10.3 Å². The van der Waals surface area contributed by atoms with E-state index in [9.17, 15) is 14.9 Å². The van der Waals surface area contributed by atoms with Crippen molar-refractivity contribution in [2.75, 3.05) is 6.54 Å². The van der Waals surface area contributed by atoms with E-state index in [4.69, 9.17) is 4.74 Å². The molecule has 3 aromatic rings. The maximum absolute atomic E-state index is 13.3. The number of nitro groups is 1. The number of para-hydroxylation sites is 1. The molecule has 0 saturated carbocycles. The van der Waals surface area contributed by atoms with Crippen LogP contribution < -0.4 is 0 Å². The molecule has 2 aromatic carbocycles. The number of carbonyl (C=O) groups is 1. The van der Waals surface area contributed by atoms with Gasteiger partial charge in [0.25, 0.3) is 0 Å². The van der Waals surface area contributed by atoms with E-state index in [-0.39, 0.29) is 0 Å². The van der Waals surface area contributed by atoms with Gasteiger partial charge in [-0.3, -0.25) is 10.1 Å². The Kier molecular flexibility index (Phi) is 4.65. The van der Waals surface area contributed by atoms with E-state index < -0.39 is 28.6 Å². The van der Waals surface area contributed by atoms with Gasteiger partial charge in [-0.25, -0.2) is 9.48 Å². The van der Waals surface area contributed by atoms with Crippen molar-refractivity contribution in [1.29, 1.82) is 0 Å². The molecule has 0 amide bonds. The van der Waals surface area contributed by atoms with E-state index in [0.29, 0.717) is 16.6 Å². The Morgan fingerprint density at radius 2 is 1.74 bits per heavy atom. The zero-order chi connectivity index (χ0) is 19.7. The summed E-state index contributed by atoms with van der Waals surface area (Å²) in [6, 6.07) is 15.5. The number of aromatic nitrogens is 3. The Bertz CT molecular complexity index is 978. The average Bonchev–Trinajstić information content (AvgIpc) is 3.03. The summed E-state index contributed by atoms with van der Waals surface area (Å²) in [5, 5.41) is 19.8. The van der Waals surface area contributed by atoms with Crippen molar-refractivity contribution in [3.8, 4) is 0 Å². The van der Waals surface area contributed by atoms with Gasteiger partial charge < -0.3 is 4.74 Å². The zero-order valence-electron chi connectivity index (χ0n) is 15.3. The first-order chi connectivity index (χ1) is 12.7. The highest BCUT2D eigenvalue weighted by atomic mass is 16.6. The standard InChI is InChI=1S/C19H20N4O4/c1-18(2,3)27-17(24)19(13-22(25)26,14-9-5-4-6-10-14)23-16-12-8-7-11-15(16)20-21-23/h4-12H,13H2,1-3H3/t19-/m0/s1. The summed E-state index contributed by atoms with van der Waals surface area (Å²) in [5.74, 6) is -0.756. The van der Waals surface area contributed by atoms with Crippen LogP contribution >= 0.6 is 0 Å². The van der Waals surface area contributed by atoms with Crippen molar-refractivity contribution in [2.24, 2.45) is 0 Å². The summed E-state index contributed by atoms with van der Waals surface area (Å²) in [4.78, 5) is 24.4. The van der Waals surface area contributed by atoms with Gasteiger partial charge in [0, 0.05) is 4.92 Å². The van der Waals surface area contributed by atoms with Crippen LogP contribution in [0.3, 0.4) is 0 Å². The monoisotopic (exact) mass is 368 g/mol. The lowest BCUT2D eigenvalue weighted by molar-refractivity contribution is -0.490. The van der Waals surface area contributed by atoms with Crippen molar-refractivity contribution in [3.63, 3.8) is 0 Å². The van der Waals surface area contributed by atoms with Crippen LogP contribution in [0.15, 0.2) is 54.6 Å². The van der Waals surface area contributed by atoms with Gasteiger partial charge >= 0.3 is 5.97 Å². The molecule has 0 saturated heterocycles. The molecule has 0 radical (unpaired) electrons. The molecule has 27 heavy (non-hydrogen) atoms. The number of rotatable bonds is 5. The van der Waals surface area contributed by atoms with Crippen LogP contribution in [0.1, 0.15) is 26.3 Å². The summed E-state index contributed by atoms with van der Waals surface area (Å²) in [6.07, 6.45) is 0. The molecule has 1 atom stereocenters. The number of esters is 1. The lowest BCUT2D eigenvalue weighted by Gasteiger charge is -2.32. The van der Waals surface area contributed by atoms with Gasteiger partial charge in [-0.1, -0.05) is 47.7 Å². The minimum atomic E-state index is -1.78. The maximum atomic E-state index is 13.3. The molecule has 8 heteroatoms. The average molecular weight is 368 g/mol. The summed E-state index contributed by atoms with van der Waals surface area (Å²) in [6.45, 7) is 4.42. The van der Waals surface area contributed by atoms with E-state index in [1.54, 1.807) is 75.4 Å². The van der Waals surface area contributed by atoms with Crippen LogP contribution in [-0.4, -0.2) is 38.0 Å². The number of carbonyl (C=O) groups excluding carboxylic acids is 1. The molecule has 3 rings (SSSR count). The van der Waals surface area contributed by atoms with Gasteiger partial charge in [0.05, 0.1) is 5.52 Å². The van der Waals surface area contributed by atoms with Gasteiger partial charge in [-0.05, 0) is 38.5 Å². The number of fused-ring (bicyclic) bond motifs is 1. The van der Waals surface area contributed by atoms with E-state index in [0.717, 1.165) is 0 Å². The first-order valence-electron chi connectivity index (χ1n) is 8.46. The number of nitrogens with zero attached hydrogens (tertiary/aromatic N) is 4. The van der Waals surface area contributed by atoms with E-state index in [1.165, 1.54) is 4.68 Å². The van der Waals surface area contributed by atoms with Crippen LogP contribution in [0, 0.1) is 10.1 Å². The fourth-order valence-corrected chi connectivity index (χ4v) is 2.96. The van der Waals surface area contributed by atoms with E-state index in [1.807, 2.05) is 0 Å². The van der Waals surface area contributed by atoms with Crippen molar-refractivity contribution >= 4 is 17.0 Å². The highest BCUT2D eigenvalue weighted by Crippen LogP contribution is 2.32. The SMILES string of the molecule is CC(C)(C)OC(=O)[C@](C[N+](=O)[O-])(c1ccccc1)n1nnc2ccccc21. The molecule has 1 aromatic heterocycles. The molecule has 0 bridgehead atoms. The Labute approximate surface area is 155 Å². The molecule has 0 N–H and O–H groups in total. The van der Waals surface area contributed by atoms with Gasteiger partial charge in [-0.15, -0.1) is 5.10 Å². The summed E-state index contributed by atoms with van der Waals surface area (Å²) >= 11 is 0. The normalized spacial score (nSPS) is 13.9. The molecule has 1 heterocycles. The molecule has 0 unspecified atom stereocenters.